The number of carbonyl (C=O) groups is 2. The van der Waals surface area contributed by atoms with E-state index in [4.69, 9.17) is 4.74 Å². The molecule has 0 radical (unpaired) electrons. The first-order valence-corrected chi connectivity index (χ1v) is 13.5. The maximum atomic E-state index is 12.9. The number of nitriles is 1. The first-order chi connectivity index (χ1) is 21.1. The Balaban J connectivity index is 1.02. The number of amides is 2. The summed E-state index contributed by atoms with van der Waals surface area (Å²) >= 11 is 0. The lowest BCUT2D eigenvalue weighted by Crippen LogP contribution is -2.21. The SMILES string of the molecule is N#Cc1cc(C2CCC(C(=O)Nc3nnc(-c4ccccn4)[nH]3)C2)ccc1OCC(=O)Nc1nnc(-c2ccccn2)[nH]1. The predicted octanol–water partition coefficient (Wildman–Crippen LogP) is 3.46. The largest absolute Gasteiger partial charge is 0.482 e. The van der Waals surface area contributed by atoms with Crippen LogP contribution in [0.15, 0.2) is 67.0 Å². The fourth-order valence-electron chi connectivity index (χ4n) is 4.94. The minimum Gasteiger partial charge on any atom is -0.482 e. The Kier molecular flexibility index (Phi) is 7.76. The third-order valence-electron chi connectivity index (χ3n) is 7.05. The molecule has 4 heterocycles. The van der Waals surface area contributed by atoms with Gasteiger partial charge >= 0.3 is 0 Å². The van der Waals surface area contributed by atoms with Gasteiger partial charge in [-0.2, -0.15) is 5.26 Å². The number of ether oxygens (including phenoxy) is 1. The molecule has 2 atom stereocenters. The highest BCUT2D eigenvalue weighted by atomic mass is 16.5. The van der Waals surface area contributed by atoms with Crippen LogP contribution in [0.4, 0.5) is 11.9 Å². The standard InChI is InChI=1S/C29H25N11O3/c30-15-20-14-18(9-10-23(20)43-16-24(41)33-28-34-25(37-39-28)21-5-1-3-11-31-21)17-7-8-19(13-17)27(42)36-29-35-26(38-40-29)22-6-2-4-12-32-22/h1-6,9-12,14,17,19H,7-8,13,16H2,(H2,33,34,37,39,41)(H2,35,36,38,40,42). The molecular weight excluding hydrogens is 550 g/mol. The molecule has 1 aliphatic rings. The molecule has 2 unspecified atom stereocenters. The molecule has 4 aromatic heterocycles. The smallest absolute Gasteiger partial charge is 0.264 e. The van der Waals surface area contributed by atoms with E-state index in [1.807, 2.05) is 18.2 Å². The summed E-state index contributed by atoms with van der Waals surface area (Å²) in [5, 5.41) is 31.1. The number of nitrogens with one attached hydrogen (secondary N) is 4. The highest BCUT2D eigenvalue weighted by Crippen LogP contribution is 2.40. The summed E-state index contributed by atoms with van der Waals surface area (Å²) in [4.78, 5) is 39.6. The summed E-state index contributed by atoms with van der Waals surface area (Å²) in [5.74, 6) is 0.860. The van der Waals surface area contributed by atoms with Gasteiger partial charge in [-0.3, -0.25) is 30.2 Å². The average Bonchev–Trinajstić information content (AvgIpc) is 3.83. The van der Waals surface area contributed by atoms with E-state index < -0.39 is 5.91 Å². The number of pyridine rings is 2. The number of nitrogens with zero attached hydrogens (tertiary/aromatic N) is 7. The summed E-state index contributed by atoms with van der Waals surface area (Å²) < 4.78 is 5.64. The Morgan fingerprint density at radius 2 is 1.56 bits per heavy atom. The second-order valence-electron chi connectivity index (χ2n) is 9.87. The average molecular weight is 576 g/mol. The van der Waals surface area contributed by atoms with Crippen LogP contribution in [0, 0.1) is 17.2 Å². The van der Waals surface area contributed by atoms with Crippen LogP contribution >= 0.6 is 0 Å². The molecular formula is C29H25N11O3. The number of carbonyl (C=O) groups excluding carboxylic acids is 2. The molecule has 1 fully saturated rings. The molecule has 1 saturated carbocycles. The number of aromatic amines is 2. The summed E-state index contributed by atoms with van der Waals surface area (Å²) in [5.41, 5.74) is 2.45. The molecule has 14 heteroatoms. The van der Waals surface area contributed by atoms with Gasteiger partial charge in [0.05, 0.1) is 5.56 Å². The van der Waals surface area contributed by atoms with Gasteiger partial charge in [-0.05, 0) is 67.1 Å². The monoisotopic (exact) mass is 575 g/mol. The normalized spacial score (nSPS) is 15.9. The van der Waals surface area contributed by atoms with Gasteiger partial charge in [0.1, 0.15) is 23.2 Å². The lowest BCUT2D eigenvalue weighted by atomic mass is 9.94. The van der Waals surface area contributed by atoms with E-state index >= 15 is 0 Å². The van der Waals surface area contributed by atoms with Crippen molar-refractivity contribution >= 4 is 23.7 Å². The Bertz CT molecular complexity index is 1780. The van der Waals surface area contributed by atoms with Crippen LogP contribution in [0.5, 0.6) is 5.75 Å². The third kappa shape index (κ3) is 6.35. The van der Waals surface area contributed by atoms with E-state index in [2.05, 4.69) is 57.0 Å². The number of aromatic nitrogens is 8. The minimum atomic E-state index is -0.472. The molecule has 0 saturated heterocycles. The van der Waals surface area contributed by atoms with Crippen molar-refractivity contribution in [2.24, 2.45) is 5.92 Å². The van der Waals surface area contributed by atoms with Gasteiger partial charge in [0.2, 0.25) is 17.8 Å². The summed E-state index contributed by atoms with van der Waals surface area (Å²) in [6.07, 6.45) is 5.39. The molecule has 1 aromatic carbocycles. The van der Waals surface area contributed by atoms with E-state index in [1.54, 1.807) is 48.8 Å². The zero-order chi connectivity index (χ0) is 29.6. The van der Waals surface area contributed by atoms with Crippen LogP contribution in [0.2, 0.25) is 0 Å². The fourth-order valence-corrected chi connectivity index (χ4v) is 4.94. The molecule has 0 spiro atoms. The van der Waals surface area contributed by atoms with E-state index in [0.717, 1.165) is 12.0 Å². The number of rotatable bonds is 9. The molecule has 4 N–H and O–H groups in total. The molecule has 2 amide bonds. The van der Waals surface area contributed by atoms with E-state index in [9.17, 15) is 14.9 Å². The van der Waals surface area contributed by atoms with Crippen LogP contribution in [0.1, 0.15) is 36.3 Å². The topological polar surface area (TPSA) is 200 Å². The number of H-pyrrole nitrogens is 2. The first kappa shape index (κ1) is 27.2. The minimum absolute atomic E-state index is 0.0961. The number of hydrogen-bond acceptors (Lipinski definition) is 10. The maximum Gasteiger partial charge on any atom is 0.264 e. The number of anilines is 2. The van der Waals surface area contributed by atoms with E-state index in [0.29, 0.717) is 41.4 Å². The van der Waals surface area contributed by atoms with Gasteiger partial charge in [-0.25, -0.2) is 0 Å². The van der Waals surface area contributed by atoms with Gasteiger partial charge in [0.25, 0.3) is 5.91 Å². The molecule has 43 heavy (non-hydrogen) atoms. The van der Waals surface area contributed by atoms with Crippen molar-refractivity contribution in [3.8, 4) is 34.9 Å². The molecule has 0 aliphatic heterocycles. The quantitative estimate of drug-likeness (QED) is 0.202. The Morgan fingerprint density at radius 1 is 0.884 bits per heavy atom. The highest BCUT2D eigenvalue weighted by molar-refractivity contribution is 5.91. The molecule has 0 bridgehead atoms. The molecule has 214 valence electrons. The highest BCUT2D eigenvalue weighted by Gasteiger charge is 2.31. The lowest BCUT2D eigenvalue weighted by molar-refractivity contribution is -0.120. The van der Waals surface area contributed by atoms with Crippen LogP contribution in [0.25, 0.3) is 23.0 Å². The Hall–Kier alpha value is -5.97. The van der Waals surface area contributed by atoms with Crippen LogP contribution < -0.4 is 15.4 Å². The van der Waals surface area contributed by atoms with Gasteiger partial charge in [0, 0.05) is 18.3 Å². The second-order valence-corrected chi connectivity index (χ2v) is 9.87. The summed E-state index contributed by atoms with van der Waals surface area (Å²) in [6.45, 7) is -0.330. The summed E-state index contributed by atoms with van der Waals surface area (Å²) in [6, 6.07) is 18.2. The fraction of sp³-hybridized carbons (Fsp3) is 0.207. The maximum absolute atomic E-state index is 12.9. The van der Waals surface area contributed by atoms with Crippen molar-refractivity contribution in [1.82, 2.24) is 40.3 Å². The van der Waals surface area contributed by atoms with Crippen molar-refractivity contribution in [2.45, 2.75) is 25.2 Å². The zero-order valence-electron chi connectivity index (χ0n) is 22.7. The van der Waals surface area contributed by atoms with Crippen molar-refractivity contribution in [3.05, 3.63) is 78.1 Å². The predicted molar refractivity (Wildman–Crippen MR) is 153 cm³/mol. The van der Waals surface area contributed by atoms with Crippen LogP contribution in [-0.2, 0) is 9.59 Å². The molecule has 14 nitrogen and oxygen atoms in total. The molecule has 1 aliphatic carbocycles. The van der Waals surface area contributed by atoms with Crippen molar-refractivity contribution in [3.63, 3.8) is 0 Å². The van der Waals surface area contributed by atoms with Gasteiger partial charge in [-0.15, -0.1) is 20.4 Å². The van der Waals surface area contributed by atoms with Crippen LogP contribution in [-0.4, -0.2) is 58.8 Å². The molecule has 5 aromatic rings. The zero-order valence-corrected chi connectivity index (χ0v) is 22.7. The third-order valence-corrected chi connectivity index (χ3v) is 7.05. The van der Waals surface area contributed by atoms with Crippen LogP contribution in [0.3, 0.4) is 0 Å². The second kappa shape index (κ2) is 12.3. The van der Waals surface area contributed by atoms with Crippen molar-refractivity contribution < 1.29 is 14.3 Å². The van der Waals surface area contributed by atoms with E-state index in [1.165, 1.54) is 0 Å². The van der Waals surface area contributed by atoms with Crippen molar-refractivity contribution in [2.75, 3.05) is 17.2 Å². The summed E-state index contributed by atoms with van der Waals surface area (Å²) in [7, 11) is 0. The van der Waals surface area contributed by atoms with Gasteiger partial charge in [-0.1, -0.05) is 18.2 Å². The molecule has 6 rings (SSSR count). The Labute approximate surface area is 245 Å². The van der Waals surface area contributed by atoms with E-state index in [-0.39, 0.29) is 42.0 Å². The first-order valence-electron chi connectivity index (χ1n) is 13.5. The number of hydrogen-bond donors (Lipinski definition) is 4. The lowest BCUT2D eigenvalue weighted by Gasteiger charge is -2.14. The number of benzene rings is 1. The Morgan fingerprint density at radius 3 is 2.19 bits per heavy atom. The van der Waals surface area contributed by atoms with Gasteiger partial charge < -0.3 is 14.7 Å². The van der Waals surface area contributed by atoms with Gasteiger partial charge in [0.15, 0.2) is 18.3 Å². The van der Waals surface area contributed by atoms with Crippen molar-refractivity contribution in [1.29, 1.82) is 5.26 Å².